The van der Waals surface area contributed by atoms with Gasteiger partial charge in [-0.1, -0.05) is 37.3 Å². The number of methoxy groups -OCH3 is 1. The highest BCUT2D eigenvalue weighted by atomic mass is 32.2. The van der Waals surface area contributed by atoms with Crippen LogP contribution in [0.5, 0.6) is 5.75 Å². The molecule has 2 aromatic rings. The lowest BCUT2D eigenvalue weighted by atomic mass is 10.2. The number of rotatable bonds is 8. The Kier molecular flexibility index (Phi) is 7.69. The summed E-state index contributed by atoms with van der Waals surface area (Å²) in [6.45, 7) is 7.24. The third kappa shape index (κ3) is 5.64. The van der Waals surface area contributed by atoms with Crippen LogP contribution in [0.1, 0.15) is 18.1 Å². The summed E-state index contributed by atoms with van der Waals surface area (Å²) in [5.74, 6) is 0.474. The van der Waals surface area contributed by atoms with E-state index < -0.39 is 10.0 Å². The lowest BCUT2D eigenvalue weighted by Crippen LogP contribution is -2.51. The van der Waals surface area contributed by atoms with Gasteiger partial charge in [-0.3, -0.25) is 9.69 Å². The molecular weight excluding hydrogens is 414 g/mol. The number of nitrogens with zero attached hydrogens (tertiary/aromatic N) is 3. The van der Waals surface area contributed by atoms with E-state index in [0.717, 1.165) is 25.2 Å². The summed E-state index contributed by atoms with van der Waals surface area (Å²) in [6.07, 6.45) is 0. The first-order valence-electron chi connectivity index (χ1n) is 10.5. The van der Waals surface area contributed by atoms with Crippen LogP contribution in [0.4, 0.5) is 0 Å². The Balaban J connectivity index is 1.60. The van der Waals surface area contributed by atoms with Crippen molar-refractivity contribution in [1.82, 2.24) is 14.1 Å². The monoisotopic (exact) mass is 445 g/mol. The second-order valence-electron chi connectivity index (χ2n) is 7.71. The molecule has 2 aromatic carbocycles. The van der Waals surface area contributed by atoms with Gasteiger partial charge in [0, 0.05) is 39.3 Å². The zero-order valence-electron chi connectivity index (χ0n) is 18.5. The number of likely N-dealkylation sites (N-methyl/N-ethyl adjacent to an activating group) is 1. The molecule has 31 heavy (non-hydrogen) atoms. The first-order chi connectivity index (χ1) is 14.8. The van der Waals surface area contributed by atoms with E-state index in [9.17, 15) is 13.2 Å². The number of piperazine rings is 1. The molecule has 168 valence electrons. The van der Waals surface area contributed by atoms with E-state index >= 15 is 0 Å². The van der Waals surface area contributed by atoms with Crippen LogP contribution in [0.2, 0.25) is 0 Å². The Labute approximate surface area is 185 Å². The van der Waals surface area contributed by atoms with Crippen molar-refractivity contribution in [2.75, 3.05) is 46.4 Å². The number of hydrogen-bond donors (Lipinski definition) is 0. The van der Waals surface area contributed by atoms with Crippen LogP contribution in [-0.4, -0.2) is 74.8 Å². The molecule has 8 heteroatoms. The van der Waals surface area contributed by atoms with Gasteiger partial charge in [-0.2, -0.15) is 4.31 Å². The molecule has 0 spiro atoms. The minimum absolute atomic E-state index is 0.150. The summed E-state index contributed by atoms with van der Waals surface area (Å²) < 4.78 is 32.6. The van der Waals surface area contributed by atoms with Crippen molar-refractivity contribution in [2.24, 2.45) is 0 Å². The fourth-order valence-electron chi connectivity index (χ4n) is 3.78. The van der Waals surface area contributed by atoms with E-state index in [1.165, 1.54) is 15.9 Å². The number of amides is 1. The van der Waals surface area contributed by atoms with Gasteiger partial charge in [0.25, 0.3) is 0 Å². The van der Waals surface area contributed by atoms with E-state index in [0.29, 0.717) is 18.8 Å². The minimum Gasteiger partial charge on any atom is -0.496 e. The topological polar surface area (TPSA) is 70.2 Å². The molecule has 0 unspecified atom stereocenters. The van der Waals surface area contributed by atoms with Crippen LogP contribution in [0.3, 0.4) is 0 Å². The van der Waals surface area contributed by atoms with Crippen molar-refractivity contribution in [3.63, 3.8) is 0 Å². The number of carbonyl (C=O) groups excluding carboxylic acids is 1. The average molecular weight is 446 g/mol. The third-order valence-electron chi connectivity index (χ3n) is 5.64. The van der Waals surface area contributed by atoms with Crippen molar-refractivity contribution in [3.8, 4) is 5.75 Å². The number of aryl methyl sites for hydroxylation is 1. The maximum absolute atomic E-state index is 13.1. The second kappa shape index (κ2) is 10.3. The van der Waals surface area contributed by atoms with Gasteiger partial charge in [0.1, 0.15) is 5.75 Å². The van der Waals surface area contributed by atoms with Crippen LogP contribution < -0.4 is 4.74 Å². The Morgan fingerprint density at radius 1 is 1.06 bits per heavy atom. The second-order valence-corrected chi connectivity index (χ2v) is 9.64. The average Bonchev–Trinajstić information content (AvgIpc) is 2.78. The summed E-state index contributed by atoms with van der Waals surface area (Å²) in [6, 6.07) is 15.0. The molecule has 0 aliphatic carbocycles. The molecule has 1 aliphatic rings. The summed E-state index contributed by atoms with van der Waals surface area (Å²) in [7, 11) is -2.22. The summed E-state index contributed by atoms with van der Waals surface area (Å²) in [4.78, 5) is 17.1. The summed E-state index contributed by atoms with van der Waals surface area (Å²) in [5.41, 5.74) is 1.99. The van der Waals surface area contributed by atoms with Gasteiger partial charge < -0.3 is 9.64 Å². The smallest absolute Gasteiger partial charge is 0.243 e. The number of ether oxygens (including phenoxy) is 1. The quantitative estimate of drug-likeness (QED) is 0.624. The van der Waals surface area contributed by atoms with E-state index in [-0.39, 0.29) is 23.9 Å². The Hall–Kier alpha value is -2.42. The third-order valence-corrected chi connectivity index (χ3v) is 7.56. The van der Waals surface area contributed by atoms with Crippen molar-refractivity contribution < 1.29 is 17.9 Å². The van der Waals surface area contributed by atoms with Gasteiger partial charge in [-0.15, -0.1) is 0 Å². The summed E-state index contributed by atoms with van der Waals surface area (Å²) in [5, 5.41) is 0. The van der Waals surface area contributed by atoms with Crippen molar-refractivity contribution in [2.45, 2.75) is 25.3 Å². The fraction of sp³-hybridized carbons (Fsp3) is 0.435. The van der Waals surface area contributed by atoms with Crippen molar-refractivity contribution in [3.05, 3.63) is 59.7 Å². The van der Waals surface area contributed by atoms with Crippen LogP contribution in [0, 0.1) is 6.92 Å². The lowest BCUT2D eigenvalue weighted by molar-refractivity contribution is -0.133. The highest BCUT2D eigenvalue weighted by Gasteiger charge is 2.29. The largest absolute Gasteiger partial charge is 0.496 e. The van der Waals surface area contributed by atoms with E-state index in [4.69, 9.17) is 4.74 Å². The molecule has 1 saturated heterocycles. The number of sulfonamides is 1. The van der Waals surface area contributed by atoms with Gasteiger partial charge in [-0.05, 0) is 36.2 Å². The van der Waals surface area contributed by atoms with Crippen LogP contribution in [-0.2, 0) is 21.4 Å². The Morgan fingerprint density at radius 3 is 2.32 bits per heavy atom. The molecule has 0 N–H and O–H groups in total. The molecule has 0 atom stereocenters. The van der Waals surface area contributed by atoms with Gasteiger partial charge in [-0.25, -0.2) is 8.42 Å². The van der Waals surface area contributed by atoms with Crippen LogP contribution >= 0.6 is 0 Å². The van der Waals surface area contributed by atoms with E-state index in [1.54, 1.807) is 38.0 Å². The zero-order chi connectivity index (χ0) is 22.4. The SMILES string of the molecule is CCN(CC(=O)N1CCN(Cc2ccccc2)CC1)S(=O)(=O)c1ccc(OC)c(C)c1. The number of carbonyl (C=O) groups is 1. The van der Waals surface area contributed by atoms with Crippen molar-refractivity contribution in [1.29, 1.82) is 0 Å². The molecule has 7 nitrogen and oxygen atoms in total. The lowest BCUT2D eigenvalue weighted by Gasteiger charge is -2.35. The molecule has 0 aromatic heterocycles. The first kappa shape index (κ1) is 23.2. The maximum atomic E-state index is 13.1. The predicted molar refractivity (Wildman–Crippen MR) is 120 cm³/mol. The number of hydrogen-bond acceptors (Lipinski definition) is 5. The standard InChI is InChI=1S/C23H31N3O4S/c1-4-26(31(28,29)21-10-11-22(30-3)19(2)16-21)18-23(27)25-14-12-24(13-15-25)17-20-8-6-5-7-9-20/h5-11,16H,4,12-15,17-18H2,1-3H3. The fourth-order valence-corrected chi connectivity index (χ4v) is 5.26. The molecule has 0 saturated carbocycles. The Morgan fingerprint density at radius 2 is 1.74 bits per heavy atom. The van der Waals surface area contributed by atoms with Gasteiger partial charge >= 0.3 is 0 Å². The van der Waals surface area contributed by atoms with Crippen LogP contribution in [0.25, 0.3) is 0 Å². The molecule has 1 aliphatic heterocycles. The highest BCUT2D eigenvalue weighted by molar-refractivity contribution is 7.89. The molecular formula is C23H31N3O4S. The van der Waals surface area contributed by atoms with E-state index in [2.05, 4.69) is 17.0 Å². The minimum atomic E-state index is -3.76. The van der Waals surface area contributed by atoms with Gasteiger partial charge in [0.2, 0.25) is 15.9 Å². The van der Waals surface area contributed by atoms with E-state index in [1.807, 2.05) is 18.2 Å². The zero-order valence-corrected chi connectivity index (χ0v) is 19.3. The maximum Gasteiger partial charge on any atom is 0.243 e. The molecule has 0 radical (unpaired) electrons. The molecule has 1 heterocycles. The Bertz CT molecular complexity index is 987. The normalized spacial score (nSPS) is 15.3. The predicted octanol–water partition coefficient (Wildman–Crippen LogP) is 2.36. The molecule has 1 fully saturated rings. The number of benzene rings is 2. The van der Waals surface area contributed by atoms with Crippen molar-refractivity contribution >= 4 is 15.9 Å². The first-order valence-corrected chi connectivity index (χ1v) is 12.0. The molecule has 1 amide bonds. The highest BCUT2D eigenvalue weighted by Crippen LogP contribution is 2.24. The molecule has 3 rings (SSSR count). The van der Waals surface area contributed by atoms with Crippen LogP contribution in [0.15, 0.2) is 53.4 Å². The molecule has 0 bridgehead atoms. The van der Waals surface area contributed by atoms with Gasteiger partial charge in [0.05, 0.1) is 18.6 Å². The van der Waals surface area contributed by atoms with Gasteiger partial charge in [0.15, 0.2) is 0 Å². The summed E-state index contributed by atoms with van der Waals surface area (Å²) >= 11 is 0.